The Balaban J connectivity index is 1.49. The van der Waals surface area contributed by atoms with Crippen molar-refractivity contribution in [3.05, 3.63) is 35.0 Å². The summed E-state index contributed by atoms with van der Waals surface area (Å²) in [7, 11) is 0. The van der Waals surface area contributed by atoms with E-state index in [9.17, 15) is 4.79 Å². The zero-order chi connectivity index (χ0) is 21.6. The molecule has 2 aliphatic rings. The molecule has 2 aromatic rings. The molecule has 1 amide bonds. The van der Waals surface area contributed by atoms with Crippen molar-refractivity contribution in [2.24, 2.45) is 0 Å². The number of carbonyl (C=O) groups is 1. The van der Waals surface area contributed by atoms with Crippen LogP contribution >= 0.6 is 11.3 Å². The van der Waals surface area contributed by atoms with Crippen molar-refractivity contribution >= 4 is 34.1 Å². The van der Waals surface area contributed by atoms with Crippen molar-refractivity contribution in [2.75, 3.05) is 50.0 Å². The van der Waals surface area contributed by atoms with Crippen LogP contribution in [0.5, 0.6) is 0 Å². The zero-order valence-corrected chi connectivity index (χ0v) is 18.8. The van der Waals surface area contributed by atoms with Crippen molar-refractivity contribution in [1.82, 2.24) is 24.8 Å². The lowest BCUT2D eigenvalue weighted by molar-refractivity contribution is -0.125. The first-order valence-electron chi connectivity index (χ1n) is 10.6. The van der Waals surface area contributed by atoms with Gasteiger partial charge >= 0.3 is 0 Å². The van der Waals surface area contributed by atoms with Gasteiger partial charge in [0.2, 0.25) is 11.9 Å². The number of nitrogens with zero attached hydrogens (tertiary/aromatic N) is 5. The number of thiazole rings is 1. The molecule has 1 atom stereocenters. The summed E-state index contributed by atoms with van der Waals surface area (Å²) in [5.74, 6) is 1.35. The van der Waals surface area contributed by atoms with E-state index in [0.29, 0.717) is 12.5 Å². The Morgan fingerprint density at radius 2 is 2.16 bits per heavy atom. The number of aromatic nitrogens is 3. The second kappa shape index (κ2) is 10.2. The molecule has 10 heteroatoms. The predicted molar refractivity (Wildman–Crippen MR) is 122 cm³/mol. The van der Waals surface area contributed by atoms with Gasteiger partial charge in [-0.05, 0) is 26.3 Å². The number of morpholine rings is 1. The Hall–Kier alpha value is -2.56. The monoisotopic (exact) mass is 443 g/mol. The molecule has 2 N–H and O–H groups in total. The van der Waals surface area contributed by atoms with Crippen LogP contribution in [0.25, 0.3) is 0 Å². The first-order valence-corrected chi connectivity index (χ1v) is 11.5. The summed E-state index contributed by atoms with van der Waals surface area (Å²) in [5, 5.41) is 7.52. The highest BCUT2D eigenvalue weighted by Crippen LogP contribution is 2.23. The Kier molecular flexibility index (Phi) is 7.10. The molecule has 9 nitrogen and oxygen atoms in total. The fourth-order valence-corrected chi connectivity index (χ4v) is 4.40. The van der Waals surface area contributed by atoms with Crippen LogP contribution in [0.3, 0.4) is 0 Å². The van der Waals surface area contributed by atoms with Gasteiger partial charge in [-0.1, -0.05) is 6.08 Å². The first kappa shape index (κ1) is 21.7. The minimum Gasteiger partial charge on any atom is -0.379 e. The third-order valence-electron chi connectivity index (χ3n) is 5.27. The van der Waals surface area contributed by atoms with E-state index in [1.54, 1.807) is 23.5 Å². The molecule has 0 saturated carbocycles. The molecule has 0 spiro atoms. The van der Waals surface area contributed by atoms with E-state index in [1.807, 2.05) is 31.0 Å². The van der Waals surface area contributed by atoms with E-state index < -0.39 is 0 Å². The number of amides is 1. The Morgan fingerprint density at radius 3 is 2.90 bits per heavy atom. The van der Waals surface area contributed by atoms with Crippen LogP contribution in [0.4, 0.5) is 16.9 Å². The van der Waals surface area contributed by atoms with Crippen molar-refractivity contribution in [1.29, 1.82) is 0 Å². The van der Waals surface area contributed by atoms with Gasteiger partial charge in [0, 0.05) is 55.9 Å². The number of hydrogen-bond donors (Lipinski definition) is 2. The van der Waals surface area contributed by atoms with E-state index in [4.69, 9.17) is 9.72 Å². The van der Waals surface area contributed by atoms with Crippen LogP contribution in [0.1, 0.15) is 23.9 Å². The highest BCUT2D eigenvalue weighted by atomic mass is 32.1. The van der Waals surface area contributed by atoms with Crippen LogP contribution < -0.4 is 10.6 Å². The van der Waals surface area contributed by atoms with Gasteiger partial charge < -0.3 is 15.0 Å². The maximum atomic E-state index is 12.1. The van der Waals surface area contributed by atoms with Crippen molar-refractivity contribution in [3.63, 3.8) is 0 Å². The maximum absolute atomic E-state index is 12.1. The molecule has 2 aromatic heterocycles. The summed E-state index contributed by atoms with van der Waals surface area (Å²) in [6.07, 6.45) is 6.12. The molecular formula is C21H29N7O2S. The summed E-state index contributed by atoms with van der Waals surface area (Å²) in [6, 6.07) is 2.17. The molecule has 0 bridgehead atoms. The number of ether oxygens (including phenoxy) is 1. The second-order valence-electron chi connectivity index (χ2n) is 7.77. The van der Waals surface area contributed by atoms with E-state index >= 15 is 0 Å². The second-order valence-corrected chi connectivity index (χ2v) is 9.01. The number of rotatable bonds is 7. The quantitative estimate of drug-likeness (QED) is 0.630. The van der Waals surface area contributed by atoms with Crippen LogP contribution in [0.15, 0.2) is 24.4 Å². The summed E-state index contributed by atoms with van der Waals surface area (Å²) < 4.78 is 5.46. The van der Waals surface area contributed by atoms with Crippen molar-refractivity contribution in [3.8, 4) is 0 Å². The lowest BCUT2D eigenvalue weighted by atomic mass is 10.2. The SMILES string of the molecule is C/C=C/C(=O)N1CCC(Nc2cc(CN3CCOCC3)nc(Nc3ncc(C)s3)n2)C1. The molecule has 0 radical (unpaired) electrons. The summed E-state index contributed by atoms with van der Waals surface area (Å²) in [6.45, 7) is 9.32. The summed E-state index contributed by atoms with van der Waals surface area (Å²) in [4.78, 5) is 31.2. The lowest BCUT2D eigenvalue weighted by Crippen LogP contribution is -2.36. The smallest absolute Gasteiger partial charge is 0.246 e. The first-order chi connectivity index (χ1) is 15.1. The molecular weight excluding hydrogens is 414 g/mol. The fraction of sp³-hybridized carbons (Fsp3) is 0.524. The number of aryl methyl sites for hydroxylation is 1. The Morgan fingerprint density at radius 1 is 1.32 bits per heavy atom. The van der Waals surface area contributed by atoms with Crippen LogP contribution in [-0.2, 0) is 16.1 Å². The Labute approximate surface area is 186 Å². The van der Waals surface area contributed by atoms with Crippen LogP contribution in [0, 0.1) is 6.92 Å². The van der Waals surface area contributed by atoms with Gasteiger partial charge in [0.15, 0.2) is 5.13 Å². The highest BCUT2D eigenvalue weighted by molar-refractivity contribution is 7.15. The predicted octanol–water partition coefficient (Wildman–Crippen LogP) is 2.41. The number of nitrogens with one attached hydrogen (secondary N) is 2. The van der Waals surface area contributed by atoms with Gasteiger partial charge in [-0.3, -0.25) is 15.0 Å². The number of carbonyl (C=O) groups excluding carboxylic acids is 1. The number of allylic oxidation sites excluding steroid dienone is 1. The largest absolute Gasteiger partial charge is 0.379 e. The zero-order valence-electron chi connectivity index (χ0n) is 18.0. The van der Waals surface area contributed by atoms with Crippen LogP contribution in [0.2, 0.25) is 0 Å². The molecule has 166 valence electrons. The van der Waals surface area contributed by atoms with E-state index in [1.165, 1.54) is 0 Å². The van der Waals surface area contributed by atoms with Gasteiger partial charge in [0.1, 0.15) is 5.82 Å². The number of likely N-dealkylation sites (tertiary alicyclic amines) is 1. The van der Waals surface area contributed by atoms with Crippen LogP contribution in [-0.4, -0.2) is 76.1 Å². The molecule has 4 rings (SSSR count). The summed E-state index contributed by atoms with van der Waals surface area (Å²) in [5.41, 5.74) is 0.940. The molecule has 2 aliphatic heterocycles. The lowest BCUT2D eigenvalue weighted by Gasteiger charge is -2.26. The third kappa shape index (κ3) is 5.99. The molecule has 31 heavy (non-hydrogen) atoms. The van der Waals surface area contributed by atoms with E-state index in [2.05, 4.69) is 25.5 Å². The number of anilines is 3. The molecule has 0 aliphatic carbocycles. The summed E-state index contributed by atoms with van der Waals surface area (Å²) >= 11 is 1.57. The molecule has 2 saturated heterocycles. The fourth-order valence-electron chi connectivity index (χ4n) is 3.74. The maximum Gasteiger partial charge on any atom is 0.246 e. The molecule has 2 fully saturated rings. The number of hydrogen-bond acceptors (Lipinski definition) is 9. The van der Waals surface area contributed by atoms with Gasteiger partial charge in [0.25, 0.3) is 0 Å². The van der Waals surface area contributed by atoms with Crippen molar-refractivity contribution in [2.45, 2.75) is 32.9 Å². The standard InChI is InChI=1S/C21H29N7O2S/c1-3-4-19(29)28-6-5-16(14-28)23-18-11-17(13-27-7-9-30-10-8-27)24-20(25-18)26-21-22-12-15(2)31-21/h3-4,11-12,16H,5-10,13-14H2,1-2H3,(H2,22,23,24,25,26)/b4-3+. The average Bonchev–Trinajstić information content (AvgIpc) is 3.38. The highest BCUT2D eigenvalue weighted by Gasteiger charge is 2.25. The van der Waals surface area contributed by atoms with Gasteiger partial charge in [-0.15, -0.1) is 11.3 Å². The van der Waals surface area contributed by atoms with E-state index in [0.717, 1.165) is 67.3 Å². The molecule has 1 unspecified atom stereocenters. The molecule has 0 aromatic carbocycles. The minimum atomic E-state index is 0.0592. The molecule has 4 heterocycles. The van der Waals surface area contributed by atoms with E-state index in [-0.39, 0.29) is 11.9 Å². The van der Waals surface area contributed by atoms with Gasteiger partial charge in [-0.2, -0.15) is 4.98 Å². The third-order valence-corrected chi connectivity index (χ3v) is 6.10. The minimum absolute atomic E-state index is 0.0592. The normalized spacial score (nSPS) is 19.8. The van der Waals surface area contributed by atoms with Crippen molar-refractivity contribution < 1.29 is 9.53 Å². The Bertz CT molecular complexity index is 926. The van der Waals surface area contributed by atoms with Gasteiger partial charge in [0.05, 0.1) is 18.9 Å². The average molecular weight is 444 g/mol. The topological polar surface area (TPSA) is 95.5 Å². The van der Waals surface area contributed by atoms with Gasteiger partial charge in [-0.25, -0.2) is 9.97 Å².